The molecule has 1 aliphatic heterocycles. The topological polar surface area (TPSA) is 35.5 Å². The summed E-state index contributed by atoms with van der Waals surface area (Å²) in [6, 6.07) is 7.43. The molecule has 3 nitrogen and oxygen atoms in total. The Morgan fingerprint density at radius 2 is 2.04 bits per heavy atom. The van der Waals surface area contributed by atoms with Crippen LogP contribution in [0.4, 0.5) is 0 Å². The first-order chi connectivity index (χ1) is 12.9. The third-order valence-electron chi connectivity index (χ3n) is 5.62. The summed E-state index contributed by atoms with van der Waals surface area (Å²) in [5, 5.41) is 1.18. The maximum Gasteiger partial charge on any atom is 0.334 e. The minimum absolute atomic E-state index is 0.0593. The molecule has 0 saturated carbocycles. The Balaban J connectivity index is 1.68. The van der Waals surface area contributed by atoms with Crippen LogP contribution < -0.4 is 4.74 Å². The molecule has 4 rings (SSSR count). The van der Waals surface area contributed by atoms with Gasteiger partial charge in [-0.2, -0.15) is 0 Å². The van der Waals surface area contributed by atoms with Gasteiger partial charge < -0.3 is 9.47 Å². The first kappa shape index (κ1) is 18.4. The quantitative estimate of drug-likeness (QED) is 0.473. The van der Waals surface area contributed by atoms with Gasteiger partial charge in [0.05, 0.1) is 0 Å². The first-order valence-electron chi connectivity index (χ1n) is 8.96. The average Bonchev–Trinajstić information content (AvgIpc) is 2.92. The van der Waals surface area contributed by atoms with Gasteiger partial charge in [-0.1, -0.05) is 35.8 Å². The Kier molecular flexibility index (Phi) is 4.69. The van der Waals surface area contributed by atoms with Crippen molar-refractivity contribution in [2.24, 2.45) is 5.92 Å². The zero-order valence-electron chi connectivity index (χ0n) is 15.3. The van der Waals surface area contributed by atoms with Crippen LogP contribution in [0.1, 0.15) is 40.3 Å². The molecule has 27 heavy (non-hydrogen) atoms. The van der Waals surface area contributed by atoms with Gasteiger partial charge in [0.1, 0.15) is 18.5 Å². The van der Waals surface area contributed by atoms with Crippen LogP contribution in [-0.4, -0.2) is 5.97 Å². The summed E-state index contributed by atoms with van der Waals surface area (Å²) in [5.74, 6) is 0.560. The molecule has 1 fully saturated rings. The lowest BCUT2D eigenvalue weighted by Gasteiger charge is -2.30. The third kappa shape index (κ3) is 3.13. The molecule has 2 atom stereocenters. The van der Waals surface area contributed by atoms with Gasteiger partial charge in [0.2, 0.25) is 0 Å². The Labute approximate surface area is 168 Å². The molecule has 0 bridgehead atoms. The summed E-state index contributed by atoms with van der Waals surface area (Å²) < 4.78 is 11.8. The average molecular weight is 403 g/mol. The summed E-state index contributed by atoms with van der Waals surface area (Å²) in [4.78, 5) is 12.0. The van der Waals surface area contributed by atoms with E-state index in [9.17, 15) is 4.79 Å². The van der Waals surface area contributed by atoms with Gasteiger partial charge in [-0.05, 0) is 61.6 Å². The second kappa shape index (κ2) is 6.88. The van der Waals surface area contributed by atoms with Crippen molar-refractivity contribution in [3.05, 3.63) is 74.3 Å². The number of benzene rings is 2. The predicted molar refractivity (Wildman–Crippen MR) is 106 cm³/mol. The zero-order chi connectivity index (χ0) is 19.3. The number of carbonyl (C=O) groups is 1. The SMILES string of the molecule is C=C1C(=O)OC2c3c(C)c(OCc4ccc(Cl)cc4Cl)cc(C)c3CC[C@@H]12. The van der Waals surface area contributed by atoms with Crippen molar-refractivity contribution >= 4 is 29.2 Å². The summed E-state index contributed by atoms with van der Waals surface area (Å²) in [6.07, 6.45) is 1.56. The highest BCUT2D eigenvalue weighted by Gasteiger charge is 2.44. The van der Waals surface area contributed by atoms with E-state index < -0.39 is 0 Å². The van der Waals surface area contributed by atoms with E-state index in [1.165, 1.54) is 5.56 Å². The Bertz CT molecular complexity index is 965. The molecule has 0 aromatic heterocycles. The molecule has 0 radical (unpaired) electrons. The Hall–Kier alpha value is -1.97. The van der Waals surface area contributed by atoms with Gasteiger partial charge >= 0.3 is 5.97 Å². The van der Waals surface area contributed by atoms with Crippen LogP contribution in [-0.2, 0) is 22.6 Å². The van der Waals surface area contributed by atoms with Crippen LogP contribution in [0.15, 0.2) is 36.4 Å². The lowest BCUT2D eigenvalue weighted by atomic mass is 9.76. The fourth-order valence-electron chi connectivity index (χ4n) is 4.12. The van der Waals surface area contributed by atoms with Gasteiger partial charge in [-0.25, -0.2) is 4.79 Å². The monoisotopic (exact) mass is 402 g/mol. The van der Waals surface area contributed by atoms with E-state index in [2.05, 4.69) is 19.6 Å². The molecule has 0 spiro atoms. The number of rotatable bonds is 3. The highest BCUT2D eigenvalue weighted by atomic mass is 35.5. The number of esters is 1. The van der Waals surface area contributed by atoms with E-state index >= 15 is 0 Å². The summed E-state index contributed by atoms with van der Waals surface area (Å²) >= 11 is 12.2. The molecule has 1 aliphatic carbocycles. The normalized spacial score (nSPS) is 20.9. The Morgan fingerprint density at radius 1 is 1.26 bits per heavy atom. The van der Waals surface area contributed by atoms with Crippen molar-refractivity contribution in [2.75, 3.05) is 0 Å². The number of fused-ring (bicyclic) bond motifs is 3. The van der Waals surface area contributed by atoms with Crippen molar-refractivity contribution in [2.45, 2.75) is 39.4 Å². The van der Waals surface area contributed by atoms with E-state index in [0.717, 1.165) is 40.8 Å². The lowest BCUT2D eigenvalue weighted by molar-refractivity contribution is -0.139. The molecule has 2 aromatic carbocycles. The van der Waals surface area contributed by atoms with Crippen molar-refractivity contribution < 1.29 is 14.3 Å². The molecule has 0 amide bonds. The summed E-state index contributed by atoms with van der Waals surface area (Å²) in [7, 11) is 0. The second-order valence-corrected chi connectivity index (χ2v) is 8.07. The zero-order valence-corrected chi connectivity index (χ0v) is 16.8. The summed E-state index contributed by atoms with van der Waals surface area (Å²) in [6.45, 7) is 8.37. The number of ether oxygens (including phenoxy) is 2. The fourth-order valence-corrected chi connectivity index (χ4v) is 4.58. The molecule has 5 heteroatoms. The maximum absolute atomic E-state index is 12.0. The molecule has 1 saturated heterocycles. The van der Waals surface area contributed by atoms with E-state index in [0.29, 0.717) is 22.2 Å². The molecule has 2 aromatic rings. The largest absolute Gasteiger partial charge is 0.489 e. The molecule has 0 N–H and O–H groups in total. The Morgan fingerprint density at radius 3 is 2.78 bits per heavy atom. The van der Waals surface area contributed by atoms with Crippen LogP contribution >= 0.6 is 23.2 Å². The van der Waals surface area contributed by atoms with Crippen molar-refractivity contribution in [3.8, 4) is 5.75 Å². The van der Waals surface area contributed by atoms with Crippen LogP contribution in [0, 0.1) is 19.8 Å². The molecule has 1 unspecified atom stereocenters. The van der Waals surface area contributed by atoms with Crippen molar-refractivity contribution in [3.63, 3.8) is 0 Å². The van der Waals surface area contributed by atoms with Gasteiger partial charge in [0.25, 0.3) is 0 Å². The number of hydrogen-bond donors (Lipinski definition) is 0. The van der Waals surface area contributed by atoms with E-state index in [1.54, 1.807) is 12.1 Å². The van der Waals surface area contributed by atoms with Crippen LogP contribution in [0.25, 0.3) is 0 Å². The van der Waals surface area contributed by atoms with Crippen molar-refractivity contribution in [1.82, 2.24) is 0 Å². The molecule has 2 aliphatic rings. The van der Waals surface area contributed by atoms with E-state index in [-0.39, 0.29) is 18.0 Å². The number of carbonyl (C=O) groups excluding carboxylic acids is 1. The summed E-state index contributed by atoms with van der Waals surface area (Å²) in [5.41, 5.74) is 5.96. The molecular weight excluding hydrogens is 383 g/mol. The van der Waals surface area contributed by atoms with Gasteiger partial charge in [-0.15, -0.1) is 0 Å². The second-order valence-electron chi connectivity index (χ2n) is 7.23. The van der Waals surface area contributed by atoms with Crippen LogP contribution in [0.5, 0.6) is 5.75 Å². The van der Waals surface area contributed by atoms with Crippen molar-refractivity contribution in [1.29, 1.82) is 0 Å². The van der Waals surface area contributed by atoms with Gasteiger partial charge in [0, 0.05) is 32.7 Å². The van der Waals surface area contributed by atoms with E-state index in [4.69, 9.17) is 32.7 Å². The van der Waals surface area contributed by atoms with E-state index in [1.807, 2.05) is 13.0 Å². The smallest absolute Gasteiger partial charge is 0.334 e. The minimum atomic E-state index is -0.283. The van der Waals surface area contributed by atoms with Crippen LogP contribution in [0.2, 0.25) is 10.0 Å². The third-order valence-corrected chi connectivity index (χ3v) is 6.21. The molecular formula is C22H20Cl2O3. The lowest BCUT2D eigenvalue weighted by Crippen LogP contribution is -2.20. The molecule has 1 heterocycles. The minimum Gasteiger partial charge on any atom is -0.489 e. The fraction of sp³-hybridized carbons (Fsp3) is 0.318. The first-order valence-corrected chi connectivity index (χ1v) is 9.72. The highest BCUT2D eigenvalue weighted by molar-refractivity contribution is 6.35. The van der Waals surface area contributed by atoms with Gasteiger partial charge in [0.15, 0.2) is 0 Å². The number of aryl methyl sites for hydroxylation is 1. The highest BCUT2D eigenvalue weighted by Crippen LogP contribution is 2.49. The predicted octanol–water partition coefficient (Wildman–Crippen LogP) is 5.91. The van der Waals surface area contributed by atoms with Crippen LogP contribution in [0.3, 0.4) is 0 Å². The molecule has 140 valence electrons. The van der Waals surface area contributed by atoms with Gasteiger partial charge in [-0.3, -0.25) is 0 Å². The maximum atomic E-state index is 12.0. The standard InChI is InChI=1S/C22H20Cl2O3/c1-11-8-19(26-10-14-4-5-15(23)9-18(14)24)13(3)20-16(11)6-7-17-12(2)22(25)27-21(17)20/h4-5,8-9,17,21H,2,6-7,10H2,1,3H3/t17-,21?/m0/s1. The number of hydrogen-bond acceptors (Lipinski definition) is 3. The number of halogens is 2.